The number of halogens is 3. The molecule has 2 aromatic carbocycles. The second-order valence-corrected chi connectivity index (χ2v) is 8.43. The van der Waals surface area contributed by atoms with Gasteiger partial charge in [-0.15, -0.1) is 0 Å². The molecule has 1 aromatic heterocycles. The van der Waals surface area contributed by atoms with Crippen molar-refractivity contribution < 1.29 is 27.9 Å². The van der Waals surface area contributed by atoms with E-state index < -0.39 is 24.2 Å². The summed E-state index contributed by atoms with van der Waals surface area (Å²) < 4.78 is 30.0. The van der Waals surface area contributed by atoms with Crippen LogP contribution in [0.5, 0.6) is 5.75 Å². The summed E-state index contributed by atoms with van der Waals surface area (Å²) >= 11 is 6.33. The van der Waals surface area contributed by atoms with Gasteiger partial charge in [0.2, 0.25) is 5.91 Å². The van der Waals surface area contributed by atoms with E-state index in [1.165, 1.54) is 37.3 Å². The molecule has 11 heteroatoms. The Morgan fingerprint density at radius 3 is 2.57 bits per heavy atom. The fourth-order valence-electron chi connectivity index (χ4n) is 3.40. The van der Waals surface area contributed by atoms with E-state index in [9.17, 15) is 23.2 Å². The number of nitrogens with one attached hydrogen (secondary N) is 1. The maximum Gasteiger partial charge on any atom is 0.387 e. The van der Waals surface area contributed by atoms with Crippen molar-refractivity contribution in [1.29, 1.82) is 0 Å². The van der Waals surface area contributed by atoms with Gasteiger partial charge < -0.3 is 15.0 Å². The van der Waals surface area contributed by atoms with Crippen molar-refractivity contribution in [2.75, 3.05) is 19.4 Å². The molecule has 0 aliphatic carbocycles. The molecule has 0 aliphatic heterocycles. The van der Waals surface area contributed by atoms with E-state index in [1.807, 2.05) is 0 Å². The lowest BCUT2D eigenvalue weighted by molar-refractivity contribution is -0.124. The molecule has 192 valence electrons. The van der Waals surface area contributed by atoms with Gasteiger partial charge in [-0.2, -0.15) is 8.78 Å². The van der Waals surface area contributed by atoms with Crippen molar-refractivity contribution in [2.45, 2.75) is 19.5 Å². The second-order valence-electron chi connectivity index (χ2n) is 8.02. The summed E-state index contributed by atoms with van der Waals surface area (Å²) in [5.41, 5.74) is 1.88. The smallest absolute Gasteiger partial charge is 0.387 e. The number of rotatable bonds is 10. The average molecular weight is 529 g/mol. The largest absolute Gasteiger partial charge is 0.433 e. The predicted molar refractivity (Wildman–Crippen MR) is 134 cm³/mol. The van der Waals surface area contributed by atoms with E-state index in [2.05, 4.69) is 26.6 Å². The number of nitrogens with zero attached hydrogens (tertiary/aromatic N) is 3. The number of anilines is 1. The normalized spacial score (nSPS) is 10.6. The zero-order chi connectivity index (χ0) is 27.1. The highest BCUT2D eigenvalue weighted by Crippen LogP contribution is 2.29. The van der Waals surface area contributed by atoms with Crippen LogP contribution in [0.25, 0.3) is 0 Å². The molecule has 3 aromatic rings. The summed E-state index contributed by atoms with van der Waals surface area (Å²) in [5.74, 6) is -1.75. The molecular weight excluding hydrogens is 506 g/mol. The van der Waals surface area contributed by atoms with Crippen molar-refractivity contribution in [2.24, 2.45) is 0 Å². The molecule has 0 unspecified atom stereocenters. The van der Waals surface area contributed by atoms with Gasteiger partial charge in [0.25, 0.3) is 11.7 Å². The zero-order valence-electron chi connectivity index (χ0n) is 20.0. The van der Waals surface area contributed by atoms with E-state index in [1.54, 1.807) is 30.3 Å². The first-order chi connectivity index (χ1) is 17.6. The molecule has 8 nitrogen and oxygen atoms in total. The number of amides is 2. The Balaban J connectivity index is 1.89. The lowest BCUT2D eigenvalue weighted by Crippen LogP contribution is -2.30. The number of ketones is 1. The van der Waals surface area contributed by atoms with Crippen LogP contribution in [0.4, 0.5) is 14.5 Å². The van der Waals surface area contributed by atoms with Crippen LogP contribution in [0.15, 0.2) is 61.3 Å². The molecule has 0 spiro atoms. The van der Waals surface area contributed by atoms with Crippen molar-refractivity contribution in [3.05, 3.63) is 94.5 Å². The quantitative estimate of drug-likeness (QED) is 0.239. The van der Waals surface area contributed by atoms with Crippen LogP contribution in [0, 0.1) is 0 Å². The number of hydrogen-bond acceptors (Lipinski definition) is 6. The molecule has 0 radical (unpaired) electrons. The number of aromatic nitrogens is 2. The average Bonchev–Trinajstić information content (AvgIpc) is 2.86. The van der Waals surface area contributed by atoms with E-state index in [0.717, 1.165) is 6.08 Å². The number of likely N-dealkylation sites (N-methyl/N-ethyl adjacent to an activating group) is 1. The third kappa shape index (κ3) is 7.17. The van der Waals surface area contributed by atoms with E-state index in [4.69, 9.17) is 11.6 Å². The summed E-state index contributed by atoms with van der Waals surface area (Å²) in [6.45, 7) is 0.275. The van der Waals surface area contributed by atoms with Gasteiger partial charge in [-0.3, -0.25) is 14.4 Å². The molecule has 0 bridgehead atoms. The van der Waals surface area contributed by atoms with Crippen LogP contribution in [-0.4, -0.2) is 53.2 Å². The molecule has 0 atom stereocenters. The third-order valence-electron chi connectivity index (χ3n) is 5.15. The van der Waals surface area contributed by atoms with Crippen LogP contribution in [-0.2, 0) is 22.4 Å². The van der Waals surface area contributed by atoms with E-state index in [-0.39, 0.29) is 34.9 Å². The van der Waals surface area contributed by atoms with Crippen molar-refractivity contribution in [3.8, 4) is 5.75 Å². The monoisotopic (exact) mass is 528 g/mol. The molecule has 0 saturated carbocycles. The zero-order valence-corrected chi connectivity index (χ0v) is 20.8. The highest BCUT2D eigenvalue weighted by atomic mass is 35.5. The highest BCUT2D eigenvalue weighted by Gasteiger charge is 2.22. The minimum atomic E-state index is -3.07. The van der Waals surface area contributed by atoms with Gasteiger partial charge >= 0.3 is 6.61 Å². The maximum absolute atomic E-state index is 12.8. The molecule has 1 heterocycles. The molecular formula is C26H23ClF2N4O4. The predicted octanol–water partition coefficient (Wildman–Crippen LogP) is 4.31. The molecule has 3 rings (SSSR count). The van der Waals surface area contributed by atoms with E-state index in [0.29, 0.717) is 22.6 Å². The highest BCUT2D eigenvalue weighted by molar-refractivity contribution is 6.43. The van der Waals surface area contributed by atoms with Crippen molar-refractivity contribution >= 4 is 34.9 Å². The number of hydrogen-bond donors (Lipinski definition) is 1. The van der Waals surface area contributed by atoms with Crippen LogP contribution in [0.1, 0.15) is 33.0 Å². The molecule has 37 heavy (non-hydrogen) atoms. The Hall–Kier alpha value is -4.18. The summed E-state index contributed by atoms with van der Waals surface area (Å²) in [6, 6.07) is 11.0. The van der Waals surface area contributed by atoms with Gasteiger partial charge in [0.15, 0.2) is 0 Å². The lowest BCUT2D eigenvalue weighted by Gasteiger charge is -2.14. The fourth-order valence-corrected chi connectivity index (χ4v) is 3.56. The number of ether oxygens (including phenoxy) is 1. The number of carbonyl (C=O) groups excluding carboxylic acids is 3. The fraction of sp³-hybridized carbons (Fsp3) is 0.192. The van der Waals surface area contributed by atoms with Crippen molar-refractivity contribution in [1.82, 2.24) is 14.9 Å². The Morgan fingerprint density at radius 1 is 1.16 bits per heavy atom. The van der Waals surface area contributed by atoms with Crippen LogP contribution >= 0.6 is 11.6 Å². The molecule has 1 N–H and O–H groups in total. The first-order valence-electron chi connectivity index (χ1n) is 10.9. The minimum absolute atomic E-state index is 0.0369. The first kappa shape index (κ1) is 27.4. The molecule has 2 amide bonds. The van der Waals surface area contributed by atoms with Crippen molar-refractivity contribution in [3.63, 3.8) is 0 Å². The van der Waals surface area contributed by atoms with Gasteiger partial charge in [-0.05, 0) is 29.3 Å². The molecule has 0 saturated heterocycles. The number of benzene rings is 2. The van der Waals surface area contributed by atoms with Crippen LogP contribution < -0.4 is 10.1 Å². The number of Topliss-reactive ketones (excluding diaryl/α,β-unsaturated/α-hetero) is 1. The molecule has 0 fully saturated rings. The summed E-state index contributed by atoms with van der Waals surface area (Å²) in [7, 11) is 2.99. The SMILES string of the molecule is C=CC(=O)Nc1cc(Cc2ncc(Cl)c(Cc3ccccc3C(=O)C(=O)N(C)C)n2)ccc1OC(F)F. The lowest BCUT2D eigenvalue weighted by atomic mass is 9.99. The summed E-state index contributed by atoms with van der Waals surface area (Å²) in [4.78, 5) is 46.6. The van der Waals surface area contributed by atoms with Gasteiger partial charge in [-0.25, -0.2) is 9.97 Å². The second kappa shape index (κ2) is 12.2. The summed E-state index contributed by atoms with van der Waals surface area (Å²) in [6.07, 6.45) is 2.76. The van der Waals surface area contributed by atoms with Gasteiger partial charge in [0, 0.05) is 38.7 Å². The Morgan fingerprint density at radius 2 is 1.89 bits per heavy atom. The van der Waals surface area contributed by atoms with Gasteiger partial charge in [0.1, 0.15) is 11.6 Å². The van der Waals surface area contributed by atoms with Crippen LogP contribution in [0.3, 0.4) is 0 Å². The Bertz CT molecular complexity index is 1350. The third-order valence-corrected chi connectivity index (χ3v) is 5.47. The van der Waals surface area contributed by atoms with Gasteiger partial charge in [0.05, 0.1) is 16.4 Å². The minimum Gasteiger partial charge on any atom is -0.433 e. The number of carbonyl (C=O) groups is 3. The molecule has 0 aliphatic rings. The Labute approximate surface area is 216 Å². The van der Waals surface area contributed by atoms with Gasteiger partial charge in [-0.1, -0.05) is 48.5 Å². The van der Waals surface area contributed by atoms with E-state index >= 15 is 0 Å². The number of alkyl halides is 2. The Kier molecular flexibility index (Phi) is 9.02. The van der Waals surface area contributed by atoms with Crippen LogP contribution in [0.2, 0.25) is 5.02 Å². The first-order valence-corrected chi connectivity index (χ1v) is 11.3. The standard InChI is InChI=1S/C26H23ClF2N4O4/c1-4-23(34)32-20-11-15(9-10-21(20)37-26(28)29)12-22-30-14-18(27)19(31-22)13-16-7-5-6-8-17(16)24(35)25(36)33(2)3/h4-11,14,26H,1,12-13H2,2-3H3,(H,32,34). The topological polar surface area (TPSA) is 101 Å². The maximum atomic E-state index is 12.8. The summed E-state index contributed by atoms with van der Waals surface area (Å²) in [5, 5.41) is 2.71.